The summed E-state index contributed by atoms with van der Waals surface area (Å²) in [5.41, 5.74) is 4.75. The zero-order valence-corrected chi connectivity index (χ0v) is 15.1. The maximum Gasteiger partial charge on any atom is 0.220 e. The van der Waals surface area contributed by atoms with Crippen LogP contribution in [0, 0.1) is 25.2 Å². The van der Waals surface area contributed by atoms with E-state index in [4.69, 9.17) is 5.26 Å². The number of aryl methyl sites for hydroxylation is 2. The van der Waals surface area contributed by atoms with Gasteiger partial charge in [-0.2, -0.15) is 10.4 Å². The first kappa shape index (κ1) is 17.7. The molecular formula is C19H22N6O. The van der Waals surface area contributed by atoms with Gasteiger partial charge in [0.15, 0.2) is 0 Å². The normalized spacial score (nSPS) is 10.8. The van der Waals surface area contributed by atoms with Crippen LogP contribution in [-0.4, -0.2) is 25.1 Å². The van der Waals surface area contributed by atoms with E-state index in [1.54, 1.807) is 0 Å². The van der Waals surface area contributed by atoms with Crippen LogP contribution in [0.25, 0.3) is 5.65 Å². The molecule has 26 heavy (non-hydrogen) atoms. The minimum absolute atomic E-state index is 0.00868. The predicted octanol–water partition coefficient (Wildman–Crippen LogP) is 2.31. The Balaban J connectivity index is 1.54. The van der Waals surface area contributed by atoms with E-state index >= 15 is 0 Å². The molecule has 0 bridgehead atoms. The number of imidazole rings is 1. The Bertz CT molecular complexity index is 929. The molecule has 0 fully saturated rings. The van der Waals surface area contributed by atoms with Gasteiger partial charge in [-0.25, -0.2) is 4.98 Å². The highest BCUT2D eigenvalue weighted by atomic mass is 16.1. The first-order valence-electron chi connectivity index (χ1n) is 8.67. The van der Waals surface area contributed by atoms with Gasteiger partial charge < -0.3 is 9.72 Å². The van der Waals surface area contributed by atoms with Gasteiger partial charge >= 0.3 is 0 Å². The van der Waals surface area contributed by atoms with Crippen molar-refractivity contribution in [3.05, 3.63) is 53.2 Å². The lowest BCUT2D eigenvalue weighted by Crippen LogP contribution is -2.23. The summed E-state index contributed by atoms with van der Waals surface area (Å²) in [6, 6.07) is 7.94. The van der Waals surface area contributed by atoms with E-state index in [0.29, 0.717) is 32.4 Å². The molecule has 0 saturated heterocycles. The minimum Gasteiger partial charge on any atom is -0.350 e. The standard InChI is InChI=1S/C19H22N6O/c1-14-17(15(2)25(23-14)11-5-9-20)7-8-19(26)21-12-16-13-24-10-4-3-6-18(24)22-16/h3-4,6,10,13H,5,7-8,11-12H2,1-2H3,(H,21,26). The molecule has 0 aliphatic heterocycles. The second-order valence-corrected chi connectivity index (χ2v) is 6.26. The van der Waals surface area contributed by atoms with Gasteiger partial charge in [-0.1, -0.05) is 6.07 Å². The summed E-state index contributed by atoms with van der Waals surface area (Å²) < 4.78 is 3.78. The van der Waals surface area contributed by atoms with Gasteiger partial charge in [-0.15, -0.1) is 0 Å². The molecule has 1 N–H and O–H groups in total. The van der Waals surface area contributed by atoms with Gasteiger partial charge in [-0.05, 0) is 38.0 Å². The molecule has 0 unspecified atom stereocenters. The second-order valence-electron chi connectivity index (χ2n) is 6.26. The van der Waals surface area contributed by atoms with Gasteiger partial charge in [0.1, 0.15) is 5.65 Å². The van der Waals surface area contributed by atoms with E-state index in [0.717, 1.165) is 28.3 Å². The molecule has 3 aromatic heterocycles. The molecule has 1 amide bonds. The molecular weight excluding hydrogens is 328 g/mol. The Labute approximate surface area is 152 Å². The number of pyridine rings is 1. The number of hydrogen-bond acceptors (Lipinski definition) is 4. The molecule has 0 aliphatic rings. The predicted molar refractivity (Wildman–Crippen MR) is 97.3 cm³/mol. The average molecular weight is 350 g/mol. The fourth-order valence-electron chi connectivity index (χ4n) is 3.06. The van der Waals surface area contributed by atoms with Gasteiger partial charge in [0.05, 0.1) is 37.0 Å². The minimum atomic E-state index is -0.00868. The number of aromatic nitrogens is 4. The van der Waals surface area contributed by atoms with Crippen molar-refractivity contribution in [2.75, 3.05) is 0 Å². The number of fused-ring (bicyclic) bond motifs is 1. The van der Waals surface area contributed by atoms with Crippen molar-refractivity contribution in [3.63, 3.8) is 0 Å². The number of amides is 1. The fraction of sp³-hybridized carbons (Fsp3) is 0.368. The first-order chi connectivity index (χ1) is 12.6. The van der Waals surface area contributed by atoms with Crippen molar-refractivity contribution in [1.82, 2.24) is 24.5 Å². The summed E-state index contributed by atoms with van der Waals surface area (Å²) >= 11 is 0. The summed E-state index contributed by atoms with van der Waals surface area (Å²) in [6.07, 6.45) is 5.33. The quantitative estimate of drug-likeness (QED) is 0.708. The number of nitrogens with zero attached hydrogens (tertiary/aromatic N) is 5. The maximum atomic E-state index is 12.2. The molecule has 3 rings (SSSR count). The monoisotopic (exact) mass is 350 g/mol. The zero-order chi connectivity index (χ0) is 18.5. The van der Waals surface area contributed by atoms with Crippen LogP contribution in [0.5, 0.6) is 0 Å². The first-order valence-corrected chi connectivity index (χ1v) is 8.67. The van der Waals surface area contributed by atoms with Crippen LogP contribution in [0.2, 0.25) is 0 Å². The SMILES string of the molecule is Cc1nn(CCC#N)c(C)c1CCC(=O)NCc1cn2ccccc2n1. The van der Waals surface area contributed by atoms with Crippen molar-refractivity contribution < 1.29 is 4.79 Å². The van der Waals surface area contributed by atoms with E-state index in [1.807, 2.05) is 53.5 Å². The number of carbonyl (C=O) groups is 1. The summed E-state index contributed by atoms with van der Waals surface area (Å²) in [4.78, 5) is 16.7. The number of nitrogens with one attached hydrogen (secondary N) is 1. The lowest BCUT2D eigenvalue weighted by atomic mass is 10.1. The van der Waals surface area contributed by atoms with E-state index < -0.39 is 0 Å². The van der Waals surface area contributed by atoms with Crippen molar-refractivity contribution in [3.8, 4) is 6.07 Å². The maximum absolute atomic E-state index is 12.2. The van der Waals surface area contributed by atoms with E-state index in [9.17, 15) is 4.79 Å². The lowest BCUT2D eigenvalue weighted by Gasteiger charge is -2.05. The van der Waals surface area contributed by atoms with Crippen LogP contribution in [0.1, 0.15) is 35.5 Å². The Hall–Kier alpha value is -3.14. The van der Waals surface area contributed by atoms with Crippen molar-refractivity contribution in [2.45, 2.75) is 46.2 Å². The van der Waals surface area contributed by atoms with Gasteiger partial charge in [0.2, 0.25) is 5.91 Å². The highest BCUT2D eigenvalue weighted by molar-refractivity contribution is 5.76. The second kappa shape index (κ2) is 7.83. The largest absolute Gasteiger partial charge is 0.350 e. The van der Waals surface area contributed by atoms with Crippen LogP contribution in [0.15, 0.2) is 30.6 Å². The molecule has 0 aromatic carbocycles. The topological polar surface area (TPSA) is 88.0 Å². The Morgan fingerprint density at radius 2 is 2.19 bits per heavy atom. The van der Waals surface area contributed by atoms with Gasteiger partial charge in [0, 0.05) is 24.5 Å². The van der Waals surface area contributed by atoms with Crippen molar-refractivity contribution in [1.29, 1.82) is 5.26 Å². The average Bonchev–Trinajstić information content (AvgIpc) is 3.17. The molecule has 0 aliphatic carbocycles. The Morgan fingerprint density at radius 3 is 2.96 bits per heavy atom. The third kappa shape index (κ3) is 3.91. The highest BCUT2D eigenvalue weighted by Gasteiger charge is 2.13. The smallest absolute Gasteiger partial charge is 0.220 e. The molecule has 0 spiro atoms. The number of hydrogen-bond donors (Lipinski definition) is 1. The van der Waals surface area contributed by atoms with E-state index in [1.165, 1.54) is 0 Å². The van der Waals surface area contributed by atoms with Crippen LogP contribution < -0.4 is 5.32 Å². The molecule has 3 heterocycles. The molecule has 0 radical (unpaired) electrons. The van der Waals surface area contributed by atoms with Crippen molar-refractivity contribution in [2.24, 2.45) is 0 Å². The molecule has 0 atom stereocenters. The summed E-state index contributed by atoms with van der Waals surface area (Å²) in [7, 11) is 0. The molecule has 0 saturated carbocycles. The molecule has 7 heteroatoms. The van der Waals surface area contributed by atoms with Crippen molar-refractivity contribution >= 4 is 11.6 Å². The third-order valence-corrected chi connectivity index (χ3v) is 4.45. The van der Waals surface area contributed by atoms with Crippen LogP contribution in [0.4, 0.5) is 0 Å². The third-order valence-electron chi connectivity index (χ3n) is 4.45. The fourth-order valence-corrected chi connectivity index (χ4v) is 3.06. The van der Waals surface area contributed by atoms with Gasteiger partial charge in [-0.3, -0.25) is 9.48 Å². The molecule has 7 nitrogen and oxygen atoms in total. The Kier molecular flexibility index (Phi) is 5.32. The van der Waals surface area contributed by atoms with Crippen LogP contribution in [0.3, 0.4) is 0 Å². The highest BCUT2D eigenvalue weighted by Crippen LogP contribution is 2.15. The van der Waals surface area contributed by atoms with Crippen LogP contribution >= 0.6 is 0 Å². The lowest BCUT2D eigenvalue weighted by molar-refractivity contribution is -0.121. The number of nitriles is 1. The van der Waals surface area contributed by atoms with Crippen LogP contribution in [-0.2, 0) is 24.3 Å². The summed E-state index contributed by atoms with van der Waals surface area (Å²) in [5.74, 6) is -0.00868. The Morgan fingerprint density at radius 1 is 1.35 bits per heavy atom. The number of rotatable bonds is 7. The molecule has 3 aromatic rings. The van der Waals surface area contributed by atoms with Gasteiger partial charge in [0.25, 0.3) is 0 Å². The molecule has 134 valence electrons. The van der Waals surface area contributed by atoms with E-state index in [2.05, 4.69) is 21.5 Å². The number of carbonyl (C=O) groups excluding carboxylic acids is 1. The summed E-state index contributed by atoms with van der Waals surface area (Å²) in [5, 5.41) is 16.1. The van der Waals surface area contributed by atoms with E-state index in [-0.39, 0.29) is 5.91 Å². The zero-order valence-electron chi connectivity index (χ0n) is 15.1. The summed E-state index contributed by atoms with van der Waals surface area (Å²) in [6.45, 7) is 4.93.